The molecule has 17 heavy (non-hydrogen) atoms. The average Bonchev–Trinajstić information content (AvgIpc) is 3.09. The van der Waals surface area contributed by atoms with Crippen LogP contribution in [0.1, 0.15) is 40.0 Å². The molecule has 1 aliphatic carbocycles. The van der Waals surface area contributed by atoms with Crippen molar-refractivity contribution in [3.05, 3.63) is 0 Å². The number of nitrogens with zero attached hydrogens (tertiary/aromatic N) is 1. The first-order chi connectivity index (χ1) is 8.10. The minimum Gasteiger partial charge on any atom is -0.311 e. The van der Waals surface area contributed by atoms with Gasteiger partial charge in [0.1, 0.15) is 0 Å². The van der Waals surface area contributed by atoms with Crippen LogP contribution in [0.4, 0.5) is 0 Å². The third-order valence-corrected chi connectivity index (χ3v) is 5.94. The Morgan fingerprint density at radius 1 is 1.41 bits per heavy atom. The molecule has 0 spiro atoms. The first-order valence-corrected chi connectivity index (χ1v) is 8.35. The number of hydrogen-bond donors (Lipinski definition) is 1. The van der Waals surface area contributed by atoms with Crippen molar-refractivity contribution >= 4 is 11.8 Å². The zero-order valence-electron chi connectivity index (χ0n) is 11.8. The van der Waals surface area contributed by atoms with Gasteiger partial charge in [-0.25, -0.2) is 0 Å². The molecule has 2 nitrogen and oxygen atoms in total. The molecule has 1 saturated carbocycles. The van der Waals surface area contributed by atoms with Crippen molar-refractivity contribution in [1.29, 1.82) is 0 Å². The quantitative estimate of drug-likeness (QED) is 0.814. The van der Waals surface area contributed by atoms with E-state index in [1.165, 1.54) is 38.9 Å². The summed E-state index contributed by atoms with van der Waals surface area (Å²) in [6.07, 6.45) is 6.41. The monoisotopic (exact) mass is 256 g/mol. The number of piperazine rings is 1. The largest absolute Gasteiger partial charge is 0.311 e. The van der Waals surface area contributed by atoms with Crippen LogP contribution in [-0.4, -0.2) is 47.6 Å². The maximum absolute atomic E-state index is 3.71. The van der Waals surface area contributed by atoms with E-state index in [2.05, 4.69) is 49.0 Å². The predicted octanol–water partition coefficient (Wildman–Crippen LogP) is 2.59. The molecule has 3 heteroatoms. The molecule has 2 fully saturated rings. The summed E-state index contributed by atoms with van der Waals surface area (Å²) >= 11 is 2.09. The zero-order chi connectivity index (χ0) is 12.5. The van der Waals surface area contributed by atoms with Gasteiger partial charge in [0.2, 0.25) is 0 Å². The molecule has 0 aromatic rings. The van der Waals surface area contributed by atoms with Crippen LogP contribution in [-0.2, 0) is 0 Å². The summed E-state index contributed by atoms with van der Waals surface area (Å²) in [5.74, 6) is 0.762. The normalized spacial score (nSPS) is 33.0. The Morgan fingerprint density at radius 2 is 2.12 bits per heavy atom. The second kappa shape index (κ2) is 5.50. The third-order valence-electron chi connectivity index (χ3n) is 4.53. The molecular formula is C14H28N2S. The van der Waals surface area contributed by atoms with Crippen LogP contribution in [0.2, 0.25) is 0 Å². The molecule has 1 aliphatic heterocycles. The Kier molecular flexibility index (Phi) is 4.43. The lowest BCUT2D eigenvalue weighted by Crippen LogP contribution is -2.59. The lowest BCUT2D eigenvalue weighted by molar-refractivity contribution is 0.0959. The second-order valence-corrected chi connectivity index (χ2v) is 7.42. The summed E-state index contributed by atoms with van der Waals surface area (Å²) in [4.78, 5) is 2.78. The Labute approximate surface area is 111 Å². The third kappa shape index (κ3) is 3.18. The lowest BCUT2D eigenvalue weighted by Gasteiger charge is -2.43. The van der Waals surface area contributed by atoms with Crippen LogP contribution >= 0.6 is 11.8 Å². The molecular weight excluding hydrogens is 228 g/mol. The lowest BCUT2D eigenvalue weighted by atomic mass is 9.97. The fraction of sp³-hybridized carbons (Fsp3) is 1.00. The van der Waals surface area contributed by atoms with Crippen LogP contribution in [0.25, 0.3) is 0 Å². The molecule has 1 N–H and O–H groups in total. The van der Waals surface area contributed by atoms with E-state index < -0.39 is 0 Å². The van der Waals surface area contributed by atoms with Crippen molar-refractivity contribution in [1.82, 2.24) is 10.2 Å². The van der Waals surface area contributed by atoms with E-state index in [4.69, 9.17) is 0 Å². The summed E-state index contributed by atoms with van der Waals surface area (Å²) < 4.78 is 0.614. The molecule has 2 atom stereocenters. The van der Waals surface area contributed by atoms with Gasteiger partial charge in [0.05, 0.1) is 0 Å². The Hall–Kier alpha value is 0.270. The molecule has 0 aromatic heterocycles. The van der Waals surface area contributed by atoms with Gasteiger partial charge < -0.3 is 5.32 Å². The van der Waals surface area contributed by atoms with Gasteiger partial charge in [0.25, 0.3) is 0 Å². The Balaban J connectivity index is 1.98. The summed E-state index contributed by atoms with van der Waals surface area (Å²) in [5, 5.41) is 3.71. The molecule has 0 bridgehead atoms. The first kappa shape index (κ1) is 13.7. The number of hydrogen-bond acceptors (Lipinski definition) is 3. The van der Waals surface area contributed by atoms with E-state index >= 15 is 0 Å². The van der Waals surface area contributed by atoms with Crippen LogP contribution in [0.5, 0.6) is 0 Å². The highest BCUT2D eigenvalue weighted by molar-refractivity contribution is 8.00. The molecule has 2 aliphatic rings. The van der Waals surface area contributed by atoms with Crippen LogP contribution in [0.3, 0.4) is 0 Å². The van der Waals surface area contributed by atoms with Gasteiger partial charge in [-0.3, -0.25) is 4.90 Å². The van der Waals surface area contributed by atoms with Crippen molar-refractivity contribution in [3.8, 4) is 0 Å². The van der Waals surface area contributed by atoms with Crippen LogP contribution < -0.4 is 5.32 Å². The highest BCUT2D eigenvalue weighted by atomic mass is 32.2. The summed E-state index contributed by atoms with van der Waals surface area (Å²) in [6.45, 7) is 10.8. The molecule has 0 aromatic carbocycles. The van der Waals surface area contributed by atoms with E-state index in [1.807, 2.05) is 0 Å². The zero-order valence-corrected chi connectivity index (χ0v) is 12.6. The van der Waals surface area contributed by atoms with Crippen LogP contribution in [0, 0.1) is 5.92 Å². The van der Waals surface area contributed by atoms with E-state index in [0.29, 0.717) is 10.8 Å². The van der Waals surface area contributed by atoms with Crippen molar-refractivity contribution in [2.75, 3.05) is 25.9 Å². The Bertz CT molecular complexity index is 251. The predicted molar refractivity (Wildman–Crippen MR) is 77.8 cm³/mol. The number of nitrogens with one attached hydrogen (secondary N) is 1. The first-order valence-electron chi connectivity index (χ1n) is 7.13. The van der Waals surface area contributed by atoms with Crippen LogP contribution in [0.15, 0.2) is 0 Å². The van der Waals surface area contributed by atoms with E-state index in [9.17, 15) is 0 Å². The van der Waals surface area contributed by atoms with Gasteiger partial charge in [0.15, 0.2) is 0 Å². The van der Waals surface area contributed by atoms with Gasteiger partial charge in [-0.15, -0.1) is 0 Å². The summed E-state index contributed by atoms with van der Waals surface area (Å²) in [6, 6.07) is 1.45. The maximum Gasteiger partial charge on any atom is 0.0285 e. The minimum absolute atomic E-state index is 0.614. The molecule has 2 rings (SSSR count). The van der Waals surface area contributed by atoms with Crippen molar-refractivity contribution in [3.63, 3.8) is 0 Å². The average molecular weight is 256 g/mol. The minimum atomic E-state index is 0.614. The molecule has 2 unspecified atom stereocenters. The molecule has 100 valence electrons. The van der Waals surface area contributed by atoms with Gasteiger partial charge in [-0.1, -0.05) is 20.8 Å². The maximum atomic E-state index is 3.71. The number of thioether (sulfide) groups is 1. The van der Waals surface area contributed by atoms with Crippen molar-refractivity contribution < 1.29 is 0 Å². The fourth-order valence-electron chi connectivity index (χ4n) is 2.95. The summed E-state index contributed by atoms with van der Waals surface area (Å²) in [5.41, 5.74) is 0. The fourth-order valence-corrected chi connectivity index (χ4v) is 3.75. The topological polar surface area (TPSA) is 15.3 Å². The Morgan fingerprint density at radius 3 is 2.59 bits per heavy atom. The van der Waals surface area contributed by atoms with Gasteiger partial charge in [0, 0.05) is 36.5 Å². The molecule has 1 saturated heterocycles. The van der Waals surface area contributed by atoms with Gasteiger partial charge in [-0.05, 0) is 31.4 Å². The number of rotatable bonds is 5. The van der Waals surface area contributed by atoms with Crippen molar-refractivity contribution in [2.24, 2.45) is 5.92 Å². The summed E-state index contributed by atoms with van der Waals surface area (Å²) in [7, 11) is 0. The standard InChI is InChI=1S/C14H28N2S/c1-5-12-9-16(10-14(17-4)6-7-14)13(8-15-12)11(2)3/h11-13,15H,5-10H2,1-4H3. The van der Waals surface area contributed by atoms with E-state index in [0.717, 1.165) is 12.0 Å². The van der Waals surface area contributed by atoms with E-state index in [1.54, 1.807) is 0 Å². The SMILES string of the molecule is CCC1CN(CC2(SC)CC2)C(C(C)C)CN1. The van der Waals surface area contributed by atoms with E-state index in [-0.39, 0.29) is 0 Å². The van der Waals surface area contributed by atoms with Crippen molar-refractivity contribution in [2.45, 2.75) is 56.9 Å². The second-order valence-electron chi connectivity index (χ2n) is 6.14. The van der Waals surface area contributed by atoms with Gasteiger partial charge in [-0.2, -0.15) is 11.8 Å². The highest BCUT2D eigenvalue weighted by Gasteiger charge is 2.45. The molecule has 0 radical (unpaired) electrons. The molecule has 1 heterocycles. The smallest absolute Gasteiger partial charge is 0.0285 e. The highest BCUT2D eigenvalue weighted by Crippen LogP contribution is 2.48. The molecule has 0 amide bonds. The van der Waals surface area contributed by atoms with Gasteiger partial charge >= 0.3 is 0 Å².